The first-order valence-electron chi connectivity index (χ1n) is 7.80. The summed E-state index contributed by atoms with van der Waals surface area (Å²) in [6, 6.07) is 12.9. The fraction of sp³-hybridized carbons (Fsp3) is 0.278. The Balaban J connectivity index is 2.44. The van der Waals surface area contributed by atoms with Gasteiger partial charge in [0.2, 0.25) is 0 Å². The van der Waals surface area contributed by atoms with Gasteiger partial charge in [0, 0.05) is 17.5 Å². The topological polar surface area (TPSA) is 92.7 Å². The van der Waals surface area contributed by atoms with E-state index in [1.165, 1.54) is 6.07 Å². The molecule has 25 heavy (non-hydrogen) atoms. The number of carbonyl (C=O) groups is 1. The number of nitrogens with one attached hydrogen (secondary N) is 1. The Labute approximate surface area is 147 Å². The zero-order valence-electron chi connectivity index (χ0n) is 14.1. The third-order valence-electron chi connectivity index (χ3n) is 3.56. The van der Waals surface area contributed by atoms with Crippen LogP contribution in [-0.2, 0) is 19.4 Å². The molecule has 7 heteroatoms. The lowest BCUT2D eigenvalue weighted by atomic mass is 10.0. The standard InChI is InChI=1S/C18H21NO5S/c1-3-24-18(21)16(12-20)19-14-9-10-17(25(2,22)23)15(11-14)13-7-5-4-6-8-13/h4-11,16,19-20H,3,12H2,1-2H3/t16-/m0/s1. The fourth-order valence-corrected chi connectivity index (χ4v) is 3.30. The van der Waals surface area contributed by atoms with Crippen molar-refractivity contribution in [3.63, 3.8) is 0 Å². The molecule has 0 radical (unpaired) electrons. The van der Waals surface area contributed by atoms with Gasteiger partial charge in [-0.05, 0) is 30.7 Å². The lowest BCUT2D eigenvalue weighted by Crippen LogP contribution is -2.34. The van der Waals surface area contributed by atoms with Gasteiger partial charge in [0.25, 0.3) is 0 Å². The molecule has 134 valence electrons. The number of aliphatic hydroxyl groups excluding tert-OH is 1. The number of hydrogen-bond donors (Lipinski definition) is 2. The second kappa shape index (κ2) is 8.13. The van der Waals surface area contributed by atoms with Gasteiger partial charge >= 0.3 is 5.97 Å². The van der Waals surface area contributed by atoms with E-state index in [4.69, 9.17) is 4.74 Å². The zero-order valence-corrected chi connectivity index (χ0v) is 14.9. The van der Waals surface area contributed by atoms with Gasteiger partial charge in [-0.2, -0.15) is 0 Å². The van der Waals surface area contributed by atoms with E-state index in [0.717, 1.165) is 11.8 Å². The van der Waals surface area contributed by atoms with Crippen molar-refractivity contribution in [1.82, 2.24) is 0 Å². The maximum absolute atomic E-state index is 12.1. The van der Waals surface area contributed by atoms with Crippen LogP contribution in [0.1, 0.15) is 6.92 Å². The average Bonchev–Trinajstić information content (AvgIpc) is 2.59. The van der Waals surface area contributed by atoms with Crippen molar-refractivity contribution in [2.24, 2.45) is 0 Å². The minimum Gasteiger partial charge on any atom is -0.464 e. The highest BCUT2D eigenvalue weighted by Crippen LogP contribution is 2.30. The van der Waals surface area contributed by atoms with Crippen LogP contribution in [0.15, 0.2) is 53.4 Å². The highest BCUT2D eigenvalue weighted by atomic mass is 32.2. The molecule has 0 bridgehead atoms. The number of esters is 1. The van der Waals surface area contributed by atoms with Crippen LogP contribution in [0.3, 0.4) is 0 Å². The molecule has 0 saturated carbocycles. The summed E-state index contributed by atoms with van der Waals surface area (Å²) in [7, 11) is -3.43. The molecule has 2 aromatic rings. The molecule has 1 atom stereocenters. The molecule has 0 aliphatic carbocycles. The fourth-order valence-electron chi connectivity index (χ4n) is 2.41. The molecule has 0 aliphatic heterocycles. The van der Waals surface area contributed by atoms with Crippen LogP contribution in [-0.4, -0.2) is 45.0 Å². The highest BCUT2D eigenvalue weighted by Gasteiger charge is 2.20. The summed E-state index contributed by atoms with van der Waals surface area (Å²) in [5.41, 5.74) is 1.77. The molecule has 0 spiro atoms. The molecule has 0 fully saturated rings. The van der Waals surface area contributed by atoms with Gasteiger partial charge in [-0.25, -0.2) is 13.2 Å². The summed E-state index contributed by atoms with van der Waals surface area (Å²) < 4.78 is 29.1. The molecule has 0 aliphatic rings. The van der Waals surface area contributed by atoms with E-state index in [9.17, 15) is 18.3 Å². The smallest absolute Gasteiger partial charge is 0.330 e. The first-order chi connectivity index (χ1) is 11.9. The van der Waals surface area contributed by atoms with Crippen molar-refractivity contribution in [3.8, 4) is 11.1 Å². The van der Waals surface area contributed by atoms with Gasteiger partial charge in [-0.15, -0.1) is 0 Å². The molecule has 0 amide bonds. The molecule has 2 aromatic carbocycles. The Bertz CT molecular complexity index is 834. The molecule has 0 aromatic heterocycles. The van der Waals surface area contributed by atoms with Crippen LogP contribution in [0.25, 0.3) is 11.1 Å². The highest BCUT2D eigenvalue weighted by molar-refractivity contribution is 7.90. The van der Waals surface area contributed by atoms with E-state index >= 15 is 0 Å². The van der Waals surface area contributed by atoms with E-state index in [1.807, 2.05) is 30.3 Å². The number of ether oxygens (including phenoxy) is 1. The van der Waals surface area contributed by atoms with Gasteiger partial charge in [-0.1, -0.05) is 30.3 Å². The summed E-state index contributed by atoms with van der Waals surface area (Å²) in [5, 5.41) is 12.3. The molecule has 2 N–H and O–H groups in total. The number of rotatable bonds is 7. The summed E-state index contributed by atoms with van der Waals surface area (Å²) in [4.78, 5) is 12.0. The number of sulfone groups is 1. The van der Waals surface area contributed by atoms with Gasteiger partial charge < -0.3 is 15.2 Å². The molecule has 2 rings (SSSR count). The van der Waals surface area contributed by atoms with Crippen LogP contribution in [0.5, 0.6) is 0 Å². The Morgan fingerprint density at radius 2 is 1.88 bits per heavy atom. The normalized spacial score (nSPS) is 12.4. The van der Waals surface area contributed by atoms with Crippen LogP contribution >= 0.6 is 0 Å². The van der Waals surface area contributed by atoms with Crippen LogP contribution in [0, 0.1) is 0 Å². The summed E-state index contributed by atoms with van der Waals surface area (Å²) in [6.07, 6.45) is 1.15. The Morgan fingerprint density at radius 3 is 2.44 bits per heavy atom. The van der Waals surface area contributed by atoms with Crippen molar-refractivity contribution in [2.45, 2.75) is 17.9 Å². The van der Waals surface area contributed by atoms with Gasteiger partial charge in [0.15, 0.2) is 9.84 Å². The van der Waals surface area contributed by atoms with Crippen molar-refractivity contribution >= 4 is 21.5 Å². The van der Waals surface area contributed by atoms with E-state index < -0.39 is 28.5 Å². The summed E-state index contributed by atoms with van der Waals surface area (Å²) in [5.74, 6) is -0.571. The predicted octanol–water partition coefficient (Wildman–Crippen LogP) is 2.09. The third kappa shape index (κ3) is 4.80. The first-order valence-corrected chi connectivity index (χ1v) is 9.69. The zero-order chi connectivity index (χ0) is 18.4. The van der Waals surface area contributed by atoms with E-state index in [1.54, 1.807) is 19.1 Å². The molecule has 0 unspecified atom stereocenters. The van der Waals surface area contributed by atoms with Crippen molar-refractivity contribution < 1.29 is 23.1 Å². The maximum Gasteiger partial charge on any atom is 0.330 e. The Kier molecular flexibility index (Phi) is 6.17. The average molecular weight is 363 g/mol. The van der Waals surface area contributed by atoms with Crippen molar-refractivity contribution in [2.75, 3.05) is 24.8 Å². The minimum atomic E-state index is -3.43. The summed E-state index contributed by atoms with van der Waals surface area (Å²) >= 11 is 0. The Hall–Kier alpha value is -2.38. The van der Waals surface area contributed by atoms with Crippen molar-refractivity contribution in [3.05, 3.63) is 48.5 Å². The number of anilines is 1. The van der Waals surface area contributed by atoms with Crippen LogP contribution in [0.4, 0.5) is 5.69 Å². The van der Waals surface area contributed by atoms with Crippen LogP contribution in [0.2, 0.25) is 0 Å². The van der Waals surface area contributed by atoms with Crippen molar-refractivity contribution in [1.29, 1.82) is 0 Å². The quantitative estimate of drug-likeness (QED) is 0.732. The van der Waals surface area contributed by atoms with E-state index in [2.05, 4.69) is 5.32 Å². The molecule has 6 nitrogen and oxygen atoms in total. The van der Waals surface area contributed by atoms with Crippen LogP contribution < -0.4 is 5.32 Å². The predicted molar refractivity (Wildman–Crippen MR) is 96.1 cm³/mol. The maximum atomic E-state index is 12.1. The van der Waals surface area contributed by atoms with Gasteiger partial charge in [-0.3, -0.25) is 0 Å². The second-order valence-electron chi connectivity index (χ2n) is 5.48. The number of carbonyl (C=O) groups excluding carboxylic acids is 1. The monoisotopic (exact) mass is 363 g/mol. The lowest BCUT2D eigenvalue weighted by molar-refractivity contribution is -0.144. The summed E-state index contributed by atoms with van der Waals surface area (Å²) in [6.45, 7) is 1.45. The molecule has 0 saturated heterocycles. The Morgan fingerprint density at radius 1 is 1.20 bits per heavy atom. The van der Waals surface area contributed by atoms with Gasteiger partial charge in [0.1, 0.15) is 6.04 Å². The third-order valence-corrected chi connectivity index (χ3v) is 4.71. The largest absolute Gasteiger partial charge is 0.464 e. The first kappa shape index (κ1) is 19.0. The van der Waals surface area contributed by atoms with Gasteiger partial charge in [0.05, 0.1) is 18.1 Å². The molecular formula is C18H21NO5S. The number of hydrogen-bond acceptors (Lipinski definition) is 6. The second-order valence-corrected chi connectivity index (χ2v) is 7.46. The lowest BCUT2D eigenvalue weighted by Gasteiger charge is -2.18. The number of benzene rings is 2. The minimum absolute atomic E-state index is 0.195. The SMILES string of the molecule is CCOC(=O)[C@H](CO)Nc1ccc(S(C)(=O)=O)c(-c2ccccc2)c1. The van der Waals surface area contributed by atoms with E-state index in [-0.39, 0.29) is 11.5 Å². The molecular weight excluding hydrogens is 342 g/mol. The molecule has 0 heterocycles. The van der Waals surface area contributed by atoms with E-state index in [0.29, 0.717) is 11.3 Å². The number of aliphatic hydroxyl groups is 1.